The lowest BCUT2D eigenvalue weighted by atomic mass is 10.2. The Bertz CT molecular complexity index is 498. The summed E-state index contributed by atoms with van der Waals surface area (Å²) in [6, 6.07) is 8.51. The first-order valence-electron chi connectivity index (χ1n) is 8.20. The van der Waals surface area contributed by atoms with E-state index < -0.39 is 0 Å². The third-order valence-corrected chi connectivity index (χ3v) is 3.93. The Balaban J connectivity index is 1.73. The Morgan fingerprint density at radius 1 is 1.26 bits per heavy atom. The molecule has 1 aliphatic heterocycles. The van der Waals surface area contributed by atoms with Crippen molar-refractivity contribution >= 4 is 11.6 Å². The molecule has 2 N–H and O–H groups in total. The molecule has 1 aromatic rings. The van der Waals surface area contributed by atoms with E-state index in [1.54, 1.807) is 7.05 Å². The first-order valence-corrected chi connectivity index (χ1v) is 8.20. The number of hydrogen-bond donors (Lipinski definition) is 2. The van der Waals surface area contributed by atoms with Gasteiger partial charge in [0.25, 0.3) is 0 Å². The van der Waals surface area contributed by atoms with E-state index in [9.17, 15) is 0 Å². The van der Waals surface area contributed by atoms with Crippen LogP contribution in [0.3, 0.4) is 0 Å². The van der Waals surface area contributed by atoms with E-state index in [-0.39, 0.29) is 0 Å². The number of nitrogens with zero attached hydrogens (tertiary/aromatic N) is 3. The van der Waals surface area contributed by atoms with Gasteiger partial charge in [-0.3, -0.25) is 9.89 Å². The molecule has 0 atom stereocenters. The fraction of sp³-hybridized carbons (Fsp3) is 0.588. The monoisotopic (exact) mass is 319 g/mol. The van der Waals surface area contributed by atoms with Gasteiger partial charge in [0.15, 0.2) is 5.96 Å². The van der Waals surface area contributed by atoms with Gasteiger partial charge in [-0.15, -0.1) is 0 Å². The molecule has 0 aromatic heterocycles. The minimum atomic E-state index is 0.763. The first-order chi connectivity index (χ1) is 11.2. The van der Waals surface area contributed by atoms with Gasteiger partial charge < -0.3 is 20.3 Å². The maximum Gasteiger partial charge on any atom is 0.191 e. The van der Waals surface area contributed by atoms with E-state index in [0.29, 0.717) is 0 Å². The van der Waals surface area contributed by atoms with Gasteiger partial charge in [0.05, 0.1) is 13.2 Å². The summed E-state index contributed by atoms with van der Waals surface area (Å²) in [6.45, 7) is 6.39. The van der Waals surface area contributed by atoms with E-state index in [1.807, 2.05) is 0 Å². The zero-order chi connectivity index (χ0) is 16.5. The molecule has 1 aromatic carbocycles. The molecule has 2 rings (SSSR count). The van der Waals surface area contributed by atoms with E-state index in [0.717, 1.165) is 51.9 Å². The second-order valence-corrected chi connectivity index (χ2v) is 5.87. The SMILES string of the molecule is CN=C(NCCN1CCOCC1)NCc1cccc(N(C)C)c1. The Hall–Kier alpha value is -1.79. The molecule has 0 bridgehead atoms. The van der Waals surface area contributed by atoms with Gasteiger partial charge in [0.1, 0.15) is 0 Å². The highest BCUT2D eigenvalue weighted by atomic mass is 16.5. The third kappa shape index (κ3) is 6.08. The van der Waals surface area contributed by atoms with Crippen LogP contribution in [0.25, 0.3) is 0 Å². The molecular weight excluding hydrogens is 290 g/mol. The number of guanidine groups is 1. The van der Waals surface area contributed by atoms with Crippen molar-refractivity contribution in [1.82, 2.24) is 15.5 Å². The van der Waals surface area contributed by atoms with Gasteiger partial charge in [-0.25, -0.2) is 0 Å². The molecule has 6 nitrogen and oxygen atoms in total. The first kappa shape index (κ1) is 17.6. The van der Waals surface area contributed by atoms with Crippen LogP contribution in [0.4, 0.5) is 5.69 Å². The molecule has 1 saturated heterocycles. The van der Waals surface area contributed by atoms with Crippen molar-refractivity contribution in [1.29, 1.82) is 0 Å². The minimum Gasteiger partial charge on any atom is -0.379 e. The zero-order valence-corrected chi connectivity index (χ0v) is 14.5. The number of hydrogen-bond acceptors (Lipinski definition) is 4. The summed E-state index contributed by atoms with van der Waals surface area (Å²) in [5.74, 6) is 0.841. The van der Waals surface area contributed by atoms with E-state index in [4.69, 9.17) is 4.74 Å². The summed E-state index contributed by atoms with van der Waals surface area (Å²) in [4.78, 5) is 8.80. The number of aliphatic imine (C=N–C) groups is 1. The highest BCUT2D eigenvalue weighted by Gasteiger charge is 2.09. The minimum absolute atomic E-state index is 0.763. The predicted molar refractivity (Wildman–Crippen MR) is 96.2 cm³/mol. The average molecular weight is 319 g/mol. The summed E-state index contributed by atoms with van der Waals surface area (Å²) < 4.78 is 5.36. The maximum absolute atomic E-state index is 5.36. The van der Waals surface area contributed by atoms with Crippen LogP contribution >= 0.6 is 0 Å². The number of morpholine rings is 1. The highest BCUT2D eigenvalue weighted by molar-refractivity contribution is 5.79. The second-order valence-electron chi connectivity index (χ2n) is 5.87. The molecule has 0 unspecified atom stereocenters. The van der Waals surface area contributed by atoms with Gasteiger partial charge in [0.2, 0.25) is 0 Å². The smallest absolute Gasteiger partial charge is 0.191 e. The Kier molecular flexibility index (Phi) is 7.16. The van der Waals surface area contributed by atoms with Crippen molar-refractivity contribution in [3.05, 3.63) is 29.8 Å². The van der Waals surface area contributed by atoms with Crippen LogP contribution in [0, 0.1) is 0 Å². The van der Waals surface area contributed by atoms with Crippen LogP contribution in [0.1, 0.15) is 5.56 Å². The maximum atomic E-state index is 5.36. The van der Waals surface area contributed by atoms with E-state index >= 15 is 0 Å². The van der Waals surface area contributed by atoms with Gasteiger partial charge in [-0.05, 0) is 17.7 Å². The van der Waals surface area contributed by atoms with Crippen molar-refractivity contribution in [3.8, 4) is 0 Å². The van der Waals surface area contributed by atoms with Crippen LogP contribution < -0.4 is 15.5 Å². The molecule has 0 aliphatic carbocycles. The molecule has 1 heterocycles. The molecular formula is C17H29N5O. The van der Waals surface area contributed by atoms with E-state index in [2.05, 4.69) is 63.8 Å². The number of nitrogens with one attached hydrogen (secondary N) is 2. The Morgan fingerprint density at radius 3 is 2.74 bits per heavy atom. The third-order valence-electron chi connectivity index (χ3n) is 3.93. The van der Waals surface area contributed by atoms with Gasteiger partial charge in [-0.2, -0.15) is 0 Å². The number of ether oxygens (including phenoxy) is 1. The summed E-state index contributed by atoms with van der Waals surface area (Å²) in [7, 11) is 5.91. The van der Waals surface area contributed by atoms with Gasteiger partial charge in [0, 0.05) is 59.6 Å². The number of benzene rings is 1. The van der Waals surface area contributed by atoms with Gasteiger partial charge >= 0.3 is 0 Å². The molecule has 23 heavy (non-hydrogen) atoms. The van der Waals surface area contributed by atoms with Crippen molar-refractivity contribution in [2.75, 3.05) is 65.4 Å². The molecule has 0 amide bonds. The lowest BCUT2D eigenvalue weighted by Crippen LogP contribution is -2.44. The molecule has 6 heteroatoms. The molecule has 0 spiro atoms. The Labute approximate surface area is 139 Å². The predicted octanol–water partition coefficient (Wildman–Crippen LogP) is 0.750. The van der Waals surface area contributed by atoms with Crippen LogP contribution in [-0.4, -0.2) is 71.4 Å². The second kappa shape index (κ2) is 9.37. The quantitative estimate of drug-likeness (QED) is 0.599. The highest BCUT2D eigenvalue weighted by Crippen LogP contribution is 2.12. The number of anilines is 1. The molecule has 0 saturated carbocycles. The normalized spacial score (nSPS) is 16.2. The van der Waals surface area contributed by atoms with Gasteiger partial charge in [-0.1, -0.05) is 12.1 Å². The number of rotatable bonds is 6. The van der Waals surface area contributed by atoms with Crippen LogP contribution in [0.5, 0.6) is 0 Å². The molecule has 1 fully saturated rings. The van der Waals surface area contributed by atoms with Crippen molar-refractivity contribution in [2.24, 2.45) is 4.99 Å². The molecule has 128 valence electrons. The fourth-order valence-electron chi connectivity index (χ4n) is 2.51. The lowest BCUT2D eigenvalue weighted by molar-refractivity contribution is 0.0389. The average Bonchev–Trinajstić information content (AvgIpc) is 2.59. The van der Waals surface area contributed by atoms with Crippen LogP contribution in [0.2, 0.25) is 0 Å². The standard InChI is InChI=1S/C17H29N5O/c1-18-17(19-7-8-22-9-11-23-12-10-22)20-14-15-5-4-6-16(13-15)21(2)3/h4-6,13H,7-12,14H2,1-3H3,(H2,18,19,20). The van der Waals surface area contributed by atoms with Crippen LogP contribution in [-0.2, 0) is 11.3 Å². The Morgan fingerprint density at radius 2 is 2.04 bits per heavy atom. The zero-order valence-electron chi connectivity index (χ0n) is 14.5. The van der Waals surface area contributed by atoms with Crippen LogP contribution in [0.15, 0.2) is 29.3 Å². The summed E-state index contributed by atoms with van der Waals surface area (Å²) in [5.41, 5.74) is 2.45. The van der Waals surface area contributed by atoms with Crippen molar-refractivity contribution < 1.29 is 4.74 Å². The molecule has 1 aliphatic rings. The summed E-state index contributed by atoms with van der Waals surface area (Å²) in [5, 5.41) is 6.74. The van der Waals surface area contributed by atoms with Crippen molar-refractivity contribution in [2.45, 2.75) is 6.54 Å². The van der Waals surface area contributed by atoms with E-state index in [1.165, 1.54) is 11.3 Å². The topological polar surface area (TPSA) is 52.1 Å². The van der Waals surface area contributed by atoms with Crippen molar-refractivity contribution in [3.63, 3.8) is 0 Å². The molecule has 0 radical (unpaired) electrons. The summed E-state index contributed by atoms with van der Waals surface area (Å²) >= 11 is 0. The summed E-state index contributed by atoms with van der Waals surface area (Å²) in [6.07, 6.45) is 0. The largest absolute Gasteiger partial charge is 0.379 e. The fourth-order valence-corrected chi connectivity index (χ4v) is 2.51. The lowest BCUT2D eigenvalue weighted by Gasteiger charge is -2.26.